The molecule has 25 nitrogen and oxygen atoms in total. The number of hydrogen-bond donors (Lipinski definition) is 12. The van der Waals surface area contributed by atoms with Crippen molar-refractivity contribution in [3.8, 4) is 5.75 Å². The number of amides is 12. The highest BCUT2D eigenvalue weighted by Gasteiger charge is 2.42. The predicted octanol–water partition coefficient (Wildman–Crippen LogP) is -3.89. The minimum atomic E-state index is -1.83. The van der Waals surface area contributed by atoms with Crippen molar-refractivity contribution >= 4 is 70.9 Å². The molecule has 390 valence electrons. The number of hydrogen-bond acceptors (Lipinski definition) is 13. The third kappa shape index (κ3) is 17.5. The van der Waals surface area contributed by atoms with Gasteiger partial charge in [0.15, 0.2) is 0 Å². The van der Waals surface area contributed by atoms with Crippen LogP contribution in [0.4, 0.5) is 0 Å². The van der Waals surface area contributed by atoms with Crippen molar-refractivity contribution in [3.05, 3.63) is 29.8 Å². The molecule has 0 bridgehead atoms. The molecular formula is C46H68N12O13. The maximum absolute atomic E-state index is 14.6. The van der Waals surface area contributed by atoms with Crippen molar-refractivity contribution in [1.29, 1.82) is 0 Å². The zero-order valence-electron chi connectivity index (χ0n) is 40.1. The molecule has 2 aliphatic heterocycles. The standard InChI is InChI=1S/C46H68N12O13/c1-3-24(2)38-45(70)53-28(15-16-33(47)60)40(65)54-30(21-34(48)61)41(66)55-31(22-50-36(63)17-18-37(64)52-29(42(67)56-38)20-25-11-13-27(59)14-12-25)46(71)58-19-7-10-32(58)43(68)57-39(26-8-5-4-6-9-26)44(69)51-23-35(49)62/h11-14,24,26,28-32,38-39,59H,3-10,15-23H2,1-2H3,(H2,47,60)(H2,48,61)(H2,49,62)(H,50,63)(H,51,69)(H,52,64)(H,53,70)(H,54,65)(H,55,66)(H,56,67)(H,57,68)/t24-,28-,29-,30-,31-,32?,38-,39-/m0/s1. The van der Waals surface area contributed by atoms with Gasteiger partial charge < -0.3 is 69.7 Å². The Bertz CT molecular complexity index is 2150. The first kappa shape index (κ1) is 56.2. The van der Waals surface area contributed by atoms with Crippen LogP contribution in [0.5, 0.6) is 5.75 Å². The largest absolute Gasteiger partial charge is 0.508 e. The normalized spacial score (nSPS) is 24.3. The lowest BCUT2D eigenvalue weighted by Crippen LogP contribution is -2.62. The zero-order chi connectivity index (χ0) is 52.4. The highest BCUT2D eigenvalue weighted by molar-refractivity contribution is 6.00. The van der Waals surface area contributed by atoms with Gasteiger partial charge in [0.05, 0.1) is 13.0 Å². The van der Waals surface area contributed by atoms with Crippen LogP contribution in [0.25, 0.3) is 0 Å². The van der Waals surface area contributed by atoms with Gasteiger partial charge in [-0.15, -0.1) is 0 Å². The van der Waals surface area contributed by atoms with Crippen LogP contribution in [0.2, 0.25) is 0 Å². The molecule has 0 spiro atoms. The van der Waals surface area contributed by atoms with E-state index in [4.69, 9.17) is 17.2 Å². The number of carbonyl (C=O) groups excluding carboxylic acids is 12. The smallest absolute Gasteiger partial charge is 0.247 e. The lowest BCUT2D eigenvalue weighted by atomic mass is 9.83. The molecular weight excluding hydrogens is 929 g/mol. The van der Waals surface area contributed by atoms with E-state index in [9.17, 15) is 62.6 Å². The Labute approximate surface area is 410 Å². The molecule has 71 heavy (non-hydrogen) atoms. The highest BCUT2D eigenvalue weighted by atomic mass is 16.3. The SMILES string of the molecule is CC[C@H](C)[C@@H]1NC(=O)[C@H](Cc2ccc(O)cc2)NC(=O)CCC(=O)NC[C@@H](C(=O)N2CCCC2C(=O)N[C@H](C(=O)NCC(N)=O)C2CCCCC2)NC(=O)[C@H](CC(N)=O)NC(=O)[C@H](CCC(N)=O)NC1=O. The number of primary amides is 3. The van der Waals surface area contributed by atoms with Crippen molar-refractivity contribution in [2.45, 2.75) is 146 Å². The molecule has 12 amide bonds. The van der Waals surface area contributed by atoms with Crippen LogP contribution >= 0.6 is 0 Å². The molecule has 0 aromatic heterocycles. The molecule has 1 aromatic carbocycles. The maximum atomic E-state index is 14.6. The van der Waals surface area contributed by atoms with Crippen LogP contribution in [-0.4, -0.2) is 143 Å². The van der Waals surface area contributed by atoms with E-state index in [2.05, 4.69) is 42.5 Å². The average Bonchev–Trinajstić information content (AvgIpc) is 3.83. The van der Waals surface area contributed by atoms with Gasteiger partial charge in [0.2, 0.25) is 70.9 Å². The van der Waals surface area contributed by atoms with Gasteiger partial charge in [-0.05, 0) is 61.6 Å². The Hall–Kier alpha value is -7.34. The summed E-state index contributed by atoms with van der Waals surface area (Å²) < 4.78 is 0. The number of benzene rings is 1. The summed E-state index contributed by atoms with van der Waals surface area (Å²) in [5.41, 5.74) is 16.6. The zero-order valence-corrected chi connectivity index (χ0v) is 40.1. The third-order valence-electron chi connectivity index (χ3n) is 12.8. The monoisotopic (exact) mass is 997 g/mol. The van der Waals surface area contributed by atoms with Gasteiger partial charge in [-0.3, -0.25) is 57.5 Å². The molecule has 2 heterocycles. The molecule has 4 rings (SSSR count). The second kappa shape index (κ2) is 27.2. The fourth-order valence-corrected chi connectivity index (χ4v) is 8.70. The molecule has 3 aliphatic rings. The van der Waals surface area contributed by atoms with E-state index in [0.29, 0.717) is 31.2 Å². The molecule has 2 saturated heterocycles. The van der Waals surface area contributed by atoms with Crippen LogP contribution in [0.1, 0.15) is 103 Å². The number of nitrogens with zero attached hydrogens (tertiary/aromatic N) is 1. The first-order valence-corrected chi connectivity index (χ1v) is 24.0. The number of aromatic hydroxyl groups is 1. The minimum Gasteiger partial charge on any atom is -0.508 e. The summed E-state index contributed by atoms with van der Waals surface area (Å²) in [6, 6.07) is -4.32. The first-order chi connectivity index (χ1) is 33.7. The van der Waals surface area contributed by atoms with Gasteiger partial charge in [-0.1, -0.05) is 51.7 Å². The molecule has 1 aromatic rings. The number of likely N-dealkylation sites (tertiary alicyclic amines) is 1. The number of nitrogens with two attached hydrogens (primary N) is 3. The second-order valence-corrected chi connectivity index (χ2v) is 18.3. The van der Waals surface area contributed by atoms with Crippen LogP contribution in [0, 0.1) is 11.8 Å². The van der Waals surface area contributed by atoms with Gasteiger partial charge in [0, 0.05) is 38.8 Å². The van der Waals surface area contributed by atoms with Crippen LogP contribution in [-0.2, 0) is 64.0 Å². The number of nitrogens with one attached hydrogen (secondary N) is 8. The summed E-state index contributed by atoms with van der Waals surface area (Å²) in [4.78, 5) is 162. The summed E-state index contributed by atoms with van der Waals surface area (Å²) in [7, 11) is 0. The number of rotatable bonds is 16. The molecule has 1 saturated carbocycles. The van der Waals surface area contributed by atoms with E-state index in [1.54, 1.807) is 13.8 Å². The highest BCUT2D eigenvalue weighted by Crippen LogP contribution is 2.28. The summed E-state index contributed by atoms with van der Waals surface area (Å²) in [6.07, 6.45) is 1.65. The Morgan fingerprint density at radius 1 is 0.732 bits per heavy atom. The van der Waals surface area contributed by atoms with Gasteiger partial charge in [-0.25, -0.2) is 0 Å². The van der Waals surface area contributed by atoms with Crippen molar-refractivity contribution in [2.24, 2.45) is 29.0 Å². The maximum Gasteiger partial charge on any atom is 0.247 e. The Morgan fingerprint density at radius 3 is 2.00 bits per heavy atom. The van der Waals surface area contributed by atoms with E-state index in [1.807, 2.05) is 0 Å². The quantitative estimate of drug-likeness (QED) is 0.0755. The minimum absolute atomic E-state index is 0.0153. The second-order valence-electron chi connectivity index (χ2n) is 18.3. The Morgan fingerprint density at radius 2 is 1.37 bits per heavy atom. The number of phenols is 1. The number of phenolic OH excluding ortho intramolecular Hbond substituents is 1. The van der Waals surface area contributed by atoms with Crippen molar-refractivity contribution in [3.63, 3.8) is 0 Å². The molecule has 3 fully saturated rings. The van der Waals surface area contributed by atoms with Crippen LogP contribution in [0.15, 0.2) is 24.3 Å². The van der Waals surface area contributed by atoms with Gasteiger partial charge in [-0.2, -0.15) is 0 Å². The fraction of sp³-hybridized carbons (Fsp3) is 0.609. The van der Waals surface area contributed by atoms with Crippen molar-refractivity contribution < 1.29 is 62.6 Å². The third-order valence-corrected chi connectivity index (χ3v) is 12.8. The number of carbonyl (C=O) groups is 12. The van der Waals surface area contributed by atoms with E-state index >= 15 is 0 Å². The molecule has 1 unspecified atom stereocenters. The average molecular weight is 997 g/mol. The fourth-order valence-electron chi connectivity index (χ4n) is 8.70. The molecule has 1 aliphatic carbocycles. The van der Waals surface area contributed by atoms with E-state index in [1.165, 1.54) is 24.3 Å². The van der Waals surface area contributed by atoms with Crippen LogP contribution in [0.3, 0.4) is 0 Å². The Balaban J connectivity index is 1.70. The van der Waals surface area contributed by atoms with Crippen LogP contribution < -0.4 is 59.7 Å². The molecule has 0 radical (unpaired) electrons. The van der Waals surface area contributed by atoms with Crippen molar-refractivity contribution in [1.82, 2.24) is 47.4 Å². The molecule has 8 atom stereocenters. The lowest BCUT2D eigenvalue weighted by Gasteiger charge is -2.33. The summed E-state index contributed by atoms with van der Waals surface area (Å²) >= 11 is 0. The summed E-state index contributed by atoms with van der Waals surface area (Å²) in [5, 5.41) is 30.1. The summed E-state index contributed by atoms with van der Waals surface area (Å²) in [6.45, 7) is 2.23. The van der Waals surface area contributed by atoms with Gasteiger partial charge in [0.25, 0.3) is 0 Å². The topological polar surface area (TPSA) is 403 Å². The van der Waals surface area contributed by atoms with Gasteiger partial charge in [0.1, 0.15) is 48.0 Å². The van der Waals surface area contributed by atoms with E-state index in [-0.39, 0.29) is 31.1 Å². The van der Waals surface area contributed by atoms with Gasteiger partial charge >= 0.3 is 0 Å². The van der Waals surface area contributed by atoms with E-state index in [0.717, 1.165) is 24.2 Å². The molecule has 25 heteroatoms. The van der Waals surface area contributed by atoms with Crippen molar-refractivity contribution in [2.75, 3.05) is 19.6 Å². The molecule has 15 N–H and O–H groups in total. The lowest BCUT2D eigenvalue weighted by molar-refractivity contribution is -0.143. The predicted molar refractivity (Wildman–Crippen MR) is 251 cm³/mol. The Kier molecular flexibility index (Phi) is 21.5. The van der Waals surface area contributed by atoms with E-state index < -0.39 is 164 Å². The first-order valence-electron chi connectivity index (χ1n) is 24.0. The summed E-state index contributed by atoms with van der Waals surface area (Å²) in [5.74, 6) is -11.5.